The summed E-state index contributed by atoms with van der Waals surface area (Å²) in [5.41, 5.74) is 3.20. The van der Waals surface area contributed by atoms with Crippen molar-refractivity contribution in [3.63, 3.8) is 0 Å². The van der Waals surface area contributed by atoms with Crippen molar-refractivity contribution in [2.24, 2.45) is 10.9 Å². The van der Waals surface area contributed by atoms with Gasteiger partial charge in [-0.1, -0.05) is 41.2 Å². The van der Waals surface area contributed by atoms with Crippen molar-refractivity contribution < 1.29 is 13.2 Å². The molecule has 0 N–H and O–H groups in total. The van der Waals surface area contributed by atoms with E-state index in [1.54, 1.807) is 30.3 Å². The molecule has 0 bridgehead atoms. The summed E-state index contributed by atoms with van der Waals surface area (Å²) in [5, 5.41) is 0. The first-order chi connectivity index (χ1) is 15.3. The van der Waals surface area contributed by atoms with E-state index in [0.717, 1.165) is 21.3 Å². The normalized spacial score (nSPS) is 16.5. The second-order valence-electron chi connectivity index (χ2n) is 8.20. The topological polar surface area (TPSA) is 71.7 Å². The minimum absolute atomic E-state index is 0.182. The monoisotopic (exact) mass is 469 g/mol. The molecule has 3 aromatic rings. The van der Waals surface area contributed by atoms with Gasteiger partial charge in [0, 0.05) is 25.6 Å². The molecular formula is C24H27N3O3S2. The van der Waals surface area contributed by atoms with Gasteiger partial charge in [-0.15, -0.1) is 6.58 Å². The summed E-state index contributed by atoms with van der Waals surface area (Å²) in [5.74, 6) is -0.456. The van der Waals surface area contributed by atoms with E-state index in [4.69, 9.17) is 0 Å². The van der Waals surface area contributed by atoms with Crippen molar-refractivity contribution in [2.75, 3.05) is 13.1 Å². The molecule has 0 unspecified atom stereocenters. The fourth-order valence-electron chi connectivity index (χ4n) is 3.96. The average molecular weight is 470 g/mol. The Morgan fingerprint density at radius 3 is 2.44 bits per heavy atom. The van der Waals surface area contributed by atoms with Crippen LogP contribution in [0, 0.1) is 19.8 Å². The highest BCUT2D eigenvalue weighted by molar-refractivity contribution is 7.89. The first-order valence-corrected chi connectivity index (χ1v) is 12.9. The van der Waals surface area contributed by atoms with Crippen LogP contribution in [0.4, 0.5) is 0 Å². The largest absolute Gasteiger partial charge is 0.313 e. The molecule has 0 aliphatic carbocycles. The van der Waals surface area contributed by atoms with Gasteiger partial charge >= 0.3 is 0 Å². The van der Waals surface area contributed by atoms with Crippen molar-refractivity contribution in [3.8, 4) is 0 Å². The predicted octanol–water partition coefficient (Wildman–Crippen LogP) is 4.03. The Balaban J connectivity index is 1.53. The van der Waals surface area contributed by atoms with Crippen LogP contribution in [-0.4, -0.2) is 36.3 Å². The molecular weight excluding hydrogens is 442 g/mol. The van der Waals surface area contributed by atoms with Crippen molar-refractivity contribution in [1.29, 1.82) is 0 Å². The fourth-order valence-corrected chi connectivity index (χ4v) is 6.57. The average Bonchev–Trinajstić information content (AvgIpc) is 3.10. The van der Waals surface area contributed by atoms with Gasteiger partial charge in [0.2, 0.25) is 10.0 Å². The number of allylic oxidation sites excluding steroid dienone is 1. The number of rotatable bonds is 5. The van der Waals surface area contributed by atoms with Crippen LogP contribution >= 0.6 is 11.3 Å². The Labute approximate surface area is 192 Å². The predicted molar refractivity (Wildman–Crippen MR) is 128 cm³/mol. The SMILES string of the molecule is C=CCn1c(=NC(=O)C2CCN(S(=O)(=O)c3ccc(C)cc3)CC2)sc2cc(C)ccc21. The van der Waals surface area contributed by atoms with Crippen LogP contribution in [0.5, 0.6) is 0 Å². The molecule has 0 saturated carbocycles. The number of piperidine rings is 1. The molecule has 168 valence electrons. The van der Waals surface area contributed by atoms with Crippen LogP contribution in [0.1, 0.15) is 24.0 Å². The van der Waals surface area contributed by atoms with E-state index in [9.17, 15) is 13.2 Å². The van der Waals surface area contributed by atoms with E-state index in [1.807, 2.05) is 30.5 Å². The molecule has 1 aliphatic rings. The van der Waals surface area contributed by atoms with Crippen LogP contribution in [0.25, 0.3) is 10.2 Å². The zero-order valence-electron chi connectivity index (χ0n) is 18.3. The maximum atomic E-state index is 13.0. The van der Waals surface area contributed by atoms with Gasteiger partial charge in [-0.05, 0) is 56.5 Å². The van der Waals surface area contributed by atoms with Gasteiger partial charge in [0.15, 0.2) is 4.80 Å². The van der Waals surface area contributed by atoms with Gasteiger partial charge in [-0.25, -0.2) is 8.42 Å². The second-order valence-corrected chi connectivity index (χ2v) is 11.1. The molecule has 1 saturated heterocycles. The zero-order chi connectivity index (χ0) is 22.9. The lowest BCUT2D eigenvalue weighted by Crippen LogP contribution is -2.40. The summed E-state index contributed by atoms with van der Waals surface area (Å²) in [6.07, 6.45) is 2.74. The van der Waals surface area contributed by atoms with Crippen molar-refractivity contribution in [2.45, 2.75) is 38.1 Å². The highest BCUT2D eigenvalue weighted by Gasteiger charge is 2.32. The number of sulfonamides is 1. The lowest BCUT2D eigenvalue weighted by Gasteiger charge is -2.29. The van der Waals surface area contributed by atoms with Crippen LogP contribution in [0.2, 0.25) is 0 Å². The molecule has 1 amide bonds. The number of hydrogen-bond acceptors (Lipinski definition) is 4. The van der Waals surface area contributed by atoms with Gasteiger partial charge < -0.3 is 4.57 Å². The summed E-state index contributed by atoms with van der Waals surface area (Å²) in [6.45, 7) is 9.00. The maximum Gasteiger partial charge on any atom is 0.251 e. The third kappa shape index (κ3) is 4.48. The smallest absolute Gasteiger partial charge is 0.251 e. The first kappa shape index (κ1) is 22.6. The van der Waals surface area contributed by atoms with E-state index in [0.29, 0.717) is 42.2 Å². The number of carbonyl (C=O) groups is 1. The zero-order valence-corrected chi connectivity index (χ0v) is 20.0. The van der Waals surface area contributed by atoms with Crippen LogP contribution in [0.15, 0.2) is 65.0 Å². The first-order valence-electron chi connectivity index (χ1n) is 10.7. The molecule has 1 aliphatic heterocycles. The minimum Gasteiger partial charge on any atom is -0.313 e. The van der Waals surface area contributed by atoms with E-state index in [1.165, 1.54) is 15.6 Å². The van der Waals surface area contributed by atoms with Gasteiger partial charge in [-0.2, -0.15) is 9.30 Å². The Bertz CT molecular complexity index is 1330. The Hall–Kier alpha value is -2.55. The number of benzene rings is 2. The molecule has 0 atom stereocenters. The van der Waals surface area contributed by atoms with Crippen LogP contribution in [-0.2, 0) is 21.4 Å². The van der Waals surface area contributed by atoms with Gasteiger partial charge in [0.25, 0.3) is 5.91 Å². The Morgan fingerprint density at radius 1 is 1.12 bits per heavy atom. The molecule has 32 heavy (non-hydrogen) atoms. The summed E-state index contributed by atoms with van der Waals surface area (Å²) < 4.78 is 30.4. The van der Waals surface area contributed by atoms with Crippen molar-refractivity contribution in [1.82, 2.24) is 8.87 Å². The summed E-state index contributed by atoms with van der Waals surface area (Å²) in [6, 6.07) is 13.1. The summed E-state index contributed by atoms with van der Waals surface area (Å²) in [4.78, 5) is 18.4. The molecule has 4 rings (SSSR count). The van der Waals surface area contributed by atoms with E-state index < -0.39 is 10.0 Å². The van der Waals surface area contributed by atoms with E-state index in [-0.39, 0.29) is 11.8 Å². The molecule has 1 aromatic heterocycles. The van der Waals surface area contributed by atoms with Crippen LogP contribution < -0.4 is 4.80 Å². The number of carbonyl (C=O) groups excluding carboxylic acids is 1. The number of aryl methyl sites for hydroxylation is 2. The molecule has 6 nitrogen and oxygen atoms in total. The molecule has 0 radical (unpaired) electrons. The number of fused-ring (bicyclic) bond motifs is 1. The molecule has 0 spiro atoms. The quantitative estimate of drug-likeness (QED) is 0.530. The molecule has 1 fully saturated rings. The minimum atomic E-state index is -3.54. The second kappa shape index (κ2) is 9.13. The highest BCUT2D eigenvalue weighted by Crippen LogP contribution is 2.25. The molecule has 2 aromatic carbocycles. The Kier molecular flexibility index (Phi) is 6.46. The van der Waals surface area contributed by atoms with E-state index in [2.05, 4.69) is 17.6 Å². The standard InChI is InChI=1S/C24H27N3O3S2/c1-4-13-27-21-10-7-18(3)16-22(21)31-24(27)25-23(28)19-11-14-26(15-12-19)32(29,30)20-8-5-17(2)6-9-20/h4-10,16,19H,1,11-15H2,2-3H3. The lowest BCUT2D eigenvalue weighted by molar-refractivity contribution is -0.122. The third-order valence-corrected chi connectivity index (χ3v) is 8.77. The summed E-state index contributed by atoms with van der Waals surface area (Å²) >= 11 is 1.49. The number of hydrogen-bond donors (Lipinski definition) is 0. The van der Waals surface area contributed by atoms with Gasteiger partial charge in [0.05, 0.1) is 15.1 Å². The number of nitrogens with zero attached hydrogens (tertiary/aromatic N) is 3. The number of aromatic nitrogens is 1. The fraction of sp³-hybridized carbons (Fsp3) is 0.333. The van der Waals surface area contributed by atoms with Gasteiger partial charge in [-0.3, -0.25) is 4.79 Å². The van der Waals surface area contributed by atoms with Crippen molar-refractivity contribution >= 4 is 37.5 Å². The van der Waals surface area contributed by atoms with Gasteiger partial charge in [0.1, 0.15) is 0 Å². The number of amides is 1. The van der Waals surface area contributed by atoms with Crippen LogP contribution in [0.3, 0.4) is 0 Å². The lowest BCUT2D eigenvalue weighted by atomic mass is 9.98. The van der Waals surface area contributed by atoms with E-state index >= 15 is 0 Å². The molecule has 2 heterocycles. The maximum absolute atomic E-state index is 13.0. The highest BCUT2D eigenvalue weighted by atomic mass is 32.2. The van der Waals surface area contributed by atoms with Crippen molar-refractivity contribution in [3.05, 3.63) is 71.0 Å². The third-order valence-electron chi connectivity index (χ3n) is 5.82. The molecule has 8 heteroatoms. The Morgan fingerprint density at radius 2 is 1.78 bits per heavy atom. The summed E-state index contributed by atoms with van der Waals surface area (Å²) in [7, 11) is -3.54. The number of thiazole rings is 1.